The van der Waals surface area contributed by atoms with Crippen molar-refractivity contribution < 1.29 is 8.42 Å². The van der Waals surface area contributed by atoms with Crippen LogP contribution in [0.25, 0.3) is 0 Å². The van der Waals surface area contributed by atoms with Gasteiger partial charge < -0.3 is 4.98 Å². The van der Waals surface area contributed by atoms with Crippen LogP contribution >= 0.6 is 0 Å². The molecule has 1 aromatic heterocycles. The molecule has 5 nitrogen and oxygen atoms in total. The molecule has 1 unspecified atom stereocenters. The Hall–Kier alpha value is -0.880. The lowest BCUT2D eigenvalue weighted by atomic mass is 10.2. The average molecular weight is 243 g/mol. The van der Waals surface area contributed by atoms with E-state index in [9.17, 15) is 8.42 Å². The smallest absolute Gasteiger partial charge is 0.257 e. The zero-order valence-electron chi connectivity index (χ0n) is 9.53. The Labute approximate surface area is 95.7 Å². The quantitative estimate of drug-likeness (QED) is 0.815. The van der Waals surface area contributed by atoms with Gasteiger partial charge in [-0.05, 0) is 26.2 Å². The van der Waals surface area contributed by atoms with Crippen LogP contribution < -0.4 is 4.72 Å². The predicted molar refractivity (Wildman–Crippen MR) is 60.4 cm³/mol. The van der Waals surface area contributed by atoms with E-state index in [1.54, 1.807) is 6.92 Å². The number of sulfonamides is 1. The van der Waals surface area contributed by atoms with Crippen LogP contribution in [-0.2, 0) is 10.0 Å². The molecule has 1 fully saturated rings. The van der Waals surface area contributed by atoms with Gasteiger partial charge in [-0.1, -0.05) is 12.8 Å². The first-order valence-corrected chi connectivity index (χ1v) is 6.99. The summed E-state index contributed by atoms with van der Waals surface area (Å²) >= 11 is 0. The highest BCUT2D eigenvalue weighted by Gasteiger charge is 2.26. The van der Waals surface area contributed by atoms with E-state index >= 15 is 0 Å². The summed E-state index contributed by atoms with van der Waals surface area (Å²) in [7, 11) is -3.42. The fourth-order valence-corrected chi connectivity index (χ4v) is 2.99. The van der Waals surface area contributed by atoms with Gasteiger partial charge in [0.1, 0.15) is 5.82 Å². The van der Waals surface area contributed by atoms with Gasteiger partial charge in [0.25, 0.3) is 10.0 Å². The molecule has 90 valence electrons. The number of aryl methyl sites for hydroxylation is 1. The number of hydrogen-bond donors (Lipinski definition) is 2. The molecular weight excluding hydrogens is 226 g/mol. The number of nitrogens with zero attached hydrogens (tertiary/aromatic N) is 1. The van der Waals surface area contributed by atoms with Crippen molar-refractivity contribution in [3.8, 4) is 0 Å². The number of rotatable bonds is 5. The number of imidazole rings is 1. The zero-order chi connectivity index (χ0) is 11.8. The number of nitrogens with one attached hydrogen (secondary N) is 2. The molecule has 1 saturated carbocycles. The van der Waals surface area contributed by atoms with E-state index in [-0.39, 0.29) is 11.1 Å². The standard InChI is InChI=1S/C10H17N3O2S/c1-7(5-9-3-4-9)13-16(14,15)10-6-11-8(2)12-10/h6-7,9,13H,3-5H2,1-2H3,(H,11,12). The number of hydrogen-bond acceptors (Lipinski definition) is 3. The zero-order valence-corrected chi connectivity index (χ0v) is 10.3. The molecule has 2 N–H and O–H groups in total. The minimum atomic E-state index is -3.42. The highest BCUT2D eigenvalue weighted by molar-refractivity contribution is 7.89. The Morgan fingerprint density at radius 1 is 1.62 bits per heavy atom. The van der Waals surface area contributed by atoms with Crippen molar-refractivity contribution in [3.63, 3.8) is 0 Å². The minimum Gasteiger partial charge on any atom is -0.332 e. The Bertz CT molecular complexity index is 462. The second-order valence-corrected chi connectivity index (χ2v) is 6.22. The van der Waals surface area contributed by atoms with Crippen LogP contribution in [0.15, 0.2) is 11.2 Å². The summed E-state index contributed by atoms with van der Waals surface area (Å²) in [6, 6.07) is -0.0129. The van der Waals surface area contributed by atoms with Crippen molar-refractivity contribution in [2.75, 3.05) is 0 Å². The van der Waals surface area contributed by atoms with Crippen LogP contribution in [0.1, 0.15) is 32.0 Å². The Balaban J connectivity index is 2.01. The maximum absolute atomic E-state index is 11.9. The van der Waals surface area contributed by atoms with Gasteiger partial charge in [0, 0.05) is 6.04 Å². The first kappa shape index (κ1) is 11.6. The van der Waals surface area contributed by atoms with Crippen molar-refractivity contribution in [2.24, 2.45) is 5.92 Å². The highest BCUT2D eigenvalue weighted by atomic mass is 32.2. The monoisotopic (exact) mass is 243 g/mol. The fourth-order valence-electron chi connectivity index (χ4n) is 1.76. The molecule has 1 aliphatic carbocycles. The molecule has 0 bridgehead atoms. The molecule has 0 amide bonds. The normalized spacial score (nSPS) is 18.6. The third-order valence-electron chi connectivity index (χ3n) is 2.71. The number of H-pyrrole nitrogens is 1. The topological polar surface area (TPSA) is 74.8 Å². The van der Waals surface area contributed by atoms with Gasteiger partial charge in [-0.15, -0.1) is 0 Å². The lowest BCUT2D eigenvalue weighted by Crippen LogP contribution is -2.33. The predicted octanol–water partition coefficient (Wildman–Crippen LogP) is 1.19. The molecule has 1 heterocycles. The van der Waals surface area contributed by atoms with Crippen molar-refractivity contribution in [3.05, 3.63) is 12.0 Å². The van der Waals surface area contributed by atoms with Gasteiger partial charge >= 0.3 is 0 Å². The van der Waals surface area contributed by atoms with Crippen LogP contribution in [0.5, 0.6) is 0 Å². The maximum atomic E-state index is 11.9. The molecule has 2 rings (SSSR count). The summed E-state index contributed by atoms with van der Waals surface area (Å²) in [6.07, 6.45) is 4.73. The van der Waals surface area contributed by atoms with E-state index in [0.29, 0.717) is 11.7 Å². The summed E-state index contributed by atoms with van der Waals surface area (Å²) in [4.78, 5) is 6.62. The van der Waals surface area contributed by atoms with Crippen LogP contribution in [0.3, 0.4) is 0 Å². The van der Waals surface area contributed by atoms with E-state index < -0.39 is 10.0 Å². The van der Waals surface area contributed by atoms with Crippen LogP contribution in [-0.4, -0.2) is 24.4 Å². The van der Waals surface area contributed by atoms with Crippen LogP contribution in [0.2, 0.25) is 0 Å². The van der Waals surface area contributed by atoms with Crippen molar-refractivity contribution in [1.29, 1.82) is 0 Å². The molecule has 0 spiro atoms. The minimum absolute atomic E-state index is 0.0129. The second kappa shape index (κ2) is 4.18. The van der Waals surface area contributed by atoms with Gasteiger partial charge in [-0.3, -0.25) is 0 Å². The van der Waals surface area contributed by atoms with Crippen molar-refractivity contribution >= 4 is 10.0 Å². The summed E-state index contributed by atoms with van der Waals surface area (Å²) in [5.41, 5.74) is 0. The third-order valence-corrected chi connectivity index (χ3v) is 4.21. The summed E-state index contributed by atoms with van der Waals surface area (Å²) in [5.74, 6) is 1.32. The Kier molecular flexibility index (Phi) is 3.03. The Morgan fingerprint density at radius 3 is 2.81 bits per heavy atom. The Morgan fingerprint density at radius 2 is 2.31 bits per heavy atom. The molecule has 1 aliphatic rings. The van der Waals surface area contributed by atoms with Gasteiger partial charge in [-0.2, -0.15) is 0 Å². The van der Waals surface area contributed by atoms with Crippen molar-refractivity contribution in [2.45, 2.75) is 44.2 Å². The second-order valence-electron chi connectivity index (χ2n) is 4.53. The molecule has 6 heteroatoms. The van der Waals surface area contributed by atoms with Gasteiger partial charge in [0.2, 0.25) is 0 Å². The van der Waals surface area contributed by atoms with E-state index in [0.717, 1.165) is 6.42 Å². The average Bonchev–Trinajstić information content (AvgIpc) is 2.84. The number of aromatic amines is 1. The first-order chi connectivity index (χ1) is 7.47. The van der Waals surface area contributed by atoms with Crippen LogP contribution in [0, 0.1) is 12.8 Å². The van der Waals surface area contributed by atoms with E-state index in [1.807, 2.05) is 6.92 Å². The number of aromatic nitrogens is 2. The molecule has 0 aromatic carbocycles. The SMILES string of the molecule is Cc1ncc(S(=O)(=O)NC(C)CC2CC2)[nH]1. The molecule has 0 radical (unpaired) electrons. The molecule has 0 aliphatic heterocycles. The summed E-state index contributed by atoms with van der Waals surface area (Å²) in [5, 5.41) is 0.146. The summed E-state index contributed by atoms with van der Waals surface area (Å²) < 4.78 is 26.4. The van der Waals surface area contributed by atoms with E-state index in [4.69, 9.17) is 0 Å². The largest absolute Gasteiger partial charge is 0.332 e. The lowest BCUT2D eigenvalue weighted by Gasteiger charge is -2.12. The van der Waals surface area contributed by atoms with E-state index in [1.165, 1.54) is 19.0 Å². The van der Waals surface area contributed by atoms with Crippen molar-refractivity contribution in [1.82, 2.24) is 14.7 Å². The maximum Gasteiger partial charge on any atom is 0.257 e. The first-order valence-electron chi connectivity index (χ1n) is 5.51. The van der Waals surface area contributed by atoms with Gasteiger partial charge in [0.05, 0.1) is 6.20 Å². The molecule has 16 heavy (non-hydrogen) atoms. The summed E-state index contributed by atoms with van der Waals surface area (Å²) in [6.45, 7) is 3.63. The lowest BCUT2D eigenvalue weighted by molar-refractivity contribution is 0.528. The van der Waals surface area contributed by atoms with Gasteiger partial charge in [0.15, 0.2) is 5.03 Å². The fraction of sp³-hybridized carbons (Fsp3) is 0.700. The highest BCUT2D eigenvalue weighted by Crippen LogP contribution is 2.33. The molecule has 0 saturated heterocycles. The molecule has 1 atom stereocenters. The van der Waals surface area contributed by atoms with E-state index in [2.05, 4.69) is 14.7 Å². The third kappa shape index (κ3) is 2.82. The molecular formula is C10H17N3O2S. The van der Waals surface area contributed by atoms with Crippen LogP contribution in [0.4, 0.5) is 0 Å². The molecule has 1 aromatic rings. The van der Waals surface area contributed by atoms with Gasteiger partial charge in [-0.25, -0.2) is 18.1 Å².